The molecule has 104 valence electrons. The predicted octanol–water partition coefficient (Wildman–Crippen LogP) is 0.786. The Bertz CT molecular complexity index is 307. The Kier molecular flexibility index (Phi) is 5.14. The fourth-order valence-electron chi connectivity index (χ4n) is 2.40. The van der Waals surface area contributed by atoms with Crippen LogP contribution in [0.5, 0.6) is 0 Å². The average Bonchev–Trinajstić information content (AvgIpc) is 2.37. The fourth-order valence-corrected chi connectivity index (χ4v) is 2.40. The van der Waals surface area contributed by atoms with Crippen molar-refractivity contribution in [3.8, 4) is 0 Å². The van der Waals surface area contributed by atoms with Gasteiger partial charge in [0.2, 0.25) is 5.91 Å². The minimum absolute atomic E-state index is 0.0544. The van der Waals surface area contributed by atoms with E-state index in [0.29, 0.717) is 25.9 Å². The molecule has 1 aliphatic heterocycles. The number of methoxy groups -OCH3 is 1. The molecule has 1 fully saturated rings. The molecule has 1 heterocycles. The van der Waals surface area contributed by atoms with Gasteiger partial charge in [-0.2, -0.15) is 0 Å². The van der Waals surface area contributed by atoms with Crippen molar-refractivity contribution in [2.45, 2.75) is 39.2 Å². The van der Waals surface area contributed by atoms with Crippen LogP contribution in [0.2, 0.25) is 0 Å². The van der Waals surface area contributed by atoms with Gasteiger partial charge < -0.3 is 15.0 Å². The van der Waals surface area contributed by atoms with Crippen molar-refractivity contribution >= 4 is 11.9 Å². The molecular weight excluding hydrogens is 232 g/mol. The van der Waals surface area contributed by atoms with E-state index in [0.717, 1.165) is 6.54 Å². The molecule has 0 aromatic carbocycles. The smallest absolute Gasteiger partial charge is 0.308 e. The highest BCUT2D eigenvalue weighted by Gasteiger charge is 2.34. The molecule has 0 radical (unpaired) electrons. The van der Waals surface area contributed by atoms with Crippen molar-refractivity contribution in [2.24, 2.45) is 5.92 Å². The van der Waals surface area contributed by atoms with Crippen LogP contribution >= 0.6 is 0 Å². The van der Waals surface area contributed by atoms with Crippen molar-refractivity contribution in [3.05, 3.63) is 0 Å². The van der Waals surface area contributed by atoms with Gasteiger partial charge in [-0.05, 0) is 33.2 Å². The molecule has 1 aliphatic rings. The third-order valence-electron chi connectivity index (χ3n) is 3.47. The van der Waals surface area contributed by atoms with Gasteiger partial charge in [0.15, 0.2) is 0 Å². The number of piperidine rings is 1. The molecule has 1 saturated heterocycles. The van der Waals surface area contributed by atoms with Crippen LogP contribution < -0.4 is 5.32 Å². The van der Waals surface area contributed by atoms with Crippen LogP contribution in [0.4, 0.5) is 0 Å². The lowest BCUT2D eigenvalue weighted by atomic mass is 9.94. The SMILES string of the molecule is CCNC(C)(C)C(=O)N1CCC(C(=O)OC)CC1. The highest BCUT2D eigenvalue weighted by molar-refractivity contribution is 5.85. The number of likely N-dealkylation sites (tertiary alicyclic amines) is 1. The van der Waals surface area contributed by atoms with Gasteiger partial charge >= 0.3 is 5.97 Å². The maximum absolute atomic E-state index is 12.3. The minimum Gasteiger partial charge on any atom is -0.469 e. The second-order valence-corrected chi connectivity index (χ2v) is 5.24. The van der Waals surface area contributed by atoms with Crippen molar-refractivity contribution in [3.63, 3.8) is 0 Å². The number of esters is 1. The highest BCUT2D eigenvalue weighted by Crippen LogP contribution is 2.20. The highest BCUT2D eigenvalue weighted by atomic mass is 16.5. The molecule has 0 atom stereocenters. The lowest BCUT2D eigenvalue weighted by Gasteiger charge is -2.36. The maximum Gasteiger partial charge on any atom is 0.308 e. The molecule has 5 nitrogen and oxygen atoms in total. The van der Waals surface area contributed by atoms with E-state index in [2.05, 4.69) is 5.32 Å². The van der Waals surface area contributed by atoms with E-state index < -0.39 is 5.54 Å². The van der Waals surface area contributed by atoms with Crippen LogP contribution in [0.1, 0.15) is 33.6 Å². The van der Waals surface area contributed by atoms with Crippen LogP contribution in [-0.4, -0.2) is 49.1 Å². The molecule has 0 spiro atoms. The molecule has 18 heavy (non-hydrogen) atoms. The van der Waals surface area contributed by atoms with E-state index in [1.807, 2.05) is 25.7 Å². The van der Waals surface area contributed by atoms with Gasteiger partial charge in [0.25, 0.3) is 0 Å². The normalized spacial score (nSPS) is 17.7. The molecule has 0 unspecified atom stereocenters. The average molecular weight is 256 g/mol. The van der Waals surface area contributed by atoms with Gasteiger partial charge in [0.05, 0.1) is 18.6 Å². The van der Waals surface area contributed by atoms with Gasteiger partial charge in [0, 0.05) is 13.1 Å². The van der Waals surface area contributed by atoms with Crippen molar-refractivity contribution < 1.29 is 14.3 Å². The monoisotopic (exact) mass is 256 g/mol. The molecule has 1 rings (SSSR count). The Hall–Kier alpha value is -1.10. The van der Waals surface area contributed by atoms with E-state index >= 15 is 0 Å². The second kappa shape index (κ2) is 6.18. The molecule has 0 aromatic heterocycles. The number of nitrogens with one attached hydrogen (secondary N) is 1. The minimum atomic E-state index is -0.535. The predicted molar refractivity (Wildman–Crippen MR) is 69.1 cm³/mol. The van der Waals surface area contributed by atoms with Crippen LogP contribution in [0.3, 0.4) is 0 Å². The topological polar surface area (TPSA) is 58.6 Å². The molecule has 5 heteroatoms. The summed E-state index contributed by atoms with van der Waals surface area (Å²) in [7, 11) is 1.41. The van der Waals surface area contributed by atoms with E-state index in [1.54, 1.807) is 0 Å². The number of carbonyl (C=O) groups is 2. The number of nitrogens with zero attached hydrogens (tertiary/aromatic N) is 1. The number of carbonyl (C=O) groups excluding carboxylic acids is 2. The molecule has 0 saturated carbocycles. The number of amides is 1. The van der Waals surface area contributed by atoms with Crippen LogP contribution in [0, 0.1) is 5.92 Å². The number of ether oxygens (including phenoxy) is 1. The van der Waals surface area contributed by atoms with Crippen LogP contribution in [0.15, 0.2) is 0 Å². The maximum atomic E-state index is 12.3. The van der Waals surface area contributed by atoms with Gasteiger partial charge in [-0.1, -0.05) is 6.92 Å². The summed E-state index contributed by atoms with van der Waals surface area (Å²) in [5, 5.41) is 3.18. The standard InChI is InChI=1S/C13H24N2O3/c1-5-14-13(2,3)12(17)15-8-6-10(7-9-15)11(16)18-4/h10,14H,5-9H2,1-4H3. The first-order valence-electron chi connectivity index (χ1n) is 6.54. The Labute approximate surface area is 109 Å². The van der Waals surface area contributed by atoms with E-state index in [9.17, 15) is 9.59 Å². The lowest BCUT2D eigenvalue weighted by Crippen LogP contribution is -2.55. The molecule has 1 amide bonds. The summed E-state index contributed by atoms with van der Waals surface area (Å²) in [6.45, 7) is 7.80. The summed E-state index contributed by atoms with van der Waals surface area (Å²) in [5.41, 5.74) is -0.535. The molecule has 0 aliphatic carbocycles. The van der Waals surface area contributed by atoms with Gasteiger partial charge in [0.1, 0.15) is 0 Å². The molecular formula is C13H24N2O3. The quantitative estimate of drug-likeness (QED) is 0.755. The fraction of sp³-hybridized carbons (Fsp3) is 0.846. The summed E-state index contributed by atoms with van der Waals surface area (Å²) in [6.07, 6.45) is 1.39. The van der Waals surface area contributed by atoms with Crippen LogP contribution in [-0.2, 0) is 14.3 Å². The number of hydrogen-bond donors (Lipinski definition) is 1. The van der Waals surface area contributed by atoms with Crippen molar-refractivity contribution in [1.29, 1.82) is 0 Å². The van der Waals surface area contributed by atoms with Crippen LogP contribution in [0.25, 0.3) is 0 Å². The summed E-state index contributed by atoms with van der Waals surface area (Å²) >= 11 is 0. The van der Waals surface area contributed by atoms with E-state index in [4.69, 9.17) is 4.74 Å². The summed E-state index contributed by atoms with van der Waals surface area (Å²) in [4.78, 5) is 25.5. The summed E-state index contributed by atoms with van der Waals surface area (Å²) in [5.74, 6) is -0.109. The number of hydrogen-bond acceptors (Lipinski definition) is 4. The first kappa shape index (κ1) is 15.0. The Morgan fingerprint density at radius 1 is 1.33 bits per heavy atom. The summed E-state index contributed by atoms with van der Waals surface area (Å²) < 4.78 is 4.74. The van der Waals surface area contributed by atoms with Gasteiger partial charge in [-0.15, -0.1) is 0 Å². The lowest BCUT2D eigenvalue weighted by molar-refractivity contribution is -0.149. The Morgan fingerprint density at radius 2 is 1.89 bits per heavy atom. The number of rotatable bonds is 4. The Balaban J connectivity index is 2.52. The molecule has 1 N–H and O–H groups in total. The van der Waals surface area contributed by atoms with Gasteiger partial charge in [-0.25, -0.2) is 0 Å². The first-order valence-corrected chi connectivity index (χ1v) is 6.54. The molecule has 0 aromatic rings. The zero-order chi connectivity index (χ0) is 13.8. The Morgan fingerprint density at radius 3 is 2.33 bits per heavy atom. The summed E-state index contributed by atoms with van der Waals surface area (Å²) in [6, 6.07) is 0. The zero-order valence-electron chi connectivity index (χ0n) is 11.8. The molecule has 0 bridgehead atoms. The van der Waals surface area contributed by atoms with Crippen molar-refractivity contribution in [2.75, 3.05) is 26.7 Å². The second-order valence-electron chi connectivity index (χ2n) is 5.24. The van der Waals surface area contributed by atoms with Crippen molar-refractivity contribution in [1.82, 2.24) is 10.2 Å². The van der Waals surface area contributed by atoms with E-state index in [-0.39, 0.29) is 17.8 Å². The first-order chi connectivity index (χ1) is 8.42. The van der Waals surface area contributed by atoms with Gasteiger partial charge in [-0.3, -0.25) is 9.59 Å². The van der Waals surface area contributed by atoms with E-state index in [1.165, 1.54) is 7.11 Å². The third kappa shape index (κ3) is 3.45. The third-order valence-corrected chi connectivity index (χ3v) is 3.47. The largest absolute Gasteiger partial charge is 0.469 e. The number of likely N-dealkylation sites (N-methyl/N-ethyl adjacent to an activating group) is 1. The zero-order valence-corrected chi connectivity index (χ0v) is 11.8.